The SMILES string of the molecule is Cc1ccc(OCCCn2ccc(N)n2)c(Br)c1. The third-order valence-electron chi connectivity index (χ3n) is 2.54. The van der Waals surface area contributed by atoms with Gasteiger partial charge in [0.25, 0.3) is 0 Å². The minimum absolute atomic E-state index is 0.553. The molecule has 0 unspecified atom stereocenters. The van der Waals surface area contributed by atoms with Gasteiger partial charge in [-0.2, -0.15) is 5.10 Å². The lowest BCUT2D eigenvalue weighted by Crippen LogP contribution is -2.05. The van der Waals surface area contributed by atoms with Crippen molar-refractivity contribution in [3.8, 4) is 5.75 Å². The Balaban J connectivity index is 1.78. The molecule has 0 aliphatic carbocycles. The summed E-state index contributed by atoms with van der Waals surface area (Å²) in [5.41, 5.74) is 6.75. The lowest BCUT2D eigenvalue weighted by atomic mass is 10.2. The molecule has 0 aliphatic rings. The molecule has 0 bridgehead atoms. The summed E-state index contributed by atoms with van der Waals surface area (Å²) in [4.78, 5) is 0. The molecule has 0 saturated carbocycles. The van der Waals surface area contributed by atoms with Gasteiger partial charge in [-0.25, -0.2) is 0 Å². The number of benzene rings is 1. The van der Waals surface area contributed by atoms with Crippen LogP contribution in [0.2, 0.25) is 0 Å². The van der Waals surface area contributed by atoms with Crippen LogP contribution in [0.25, 0.3) is 0 Å². The lowest BCUT2D eigenvalue weighted by Gasteiger charge is -2.08. The molecule has 0 atom stereocenters. The average Bonchev–Trinajstić information content (AvgIpc) is 2.73. The fourth-order valence-corrected chi connectivity index (χ4v) is 2.24. The van der Waals surface area contributed by atoms with Gasteiger partial charge in [-0.05, 0) is 46.6 Å². The van der Waals surface area contributed by atoms with Crippen molar-refractivity contribution in [2.45, 2.75) is 19.9 Å². The van der Waals surface area contributed by atoms with E-state index >= 15 is 0 Å². The summed E-state index contributed by atoms with van der Waals surface area (Å²) in [7, 11) is 0. The van der Waals surface area contributed by atoms with Crippen LogP contribution in [0.5, 0.6) is 5.75 Å². The van der Waals surface area contributed by atoms with E-state index in [0.717, 1.165) is 23.2 Å². The first kappa shape index (κ1) is 13.0. The second kappa shape index (κ2) is 5.91. The highest BCUT2D eigenvalue weighted by Gasteiger charge is 2.01. The summed E-state index contributed by atoms with van der Waals surface area (Å²) in [5, 5.41) is 4.11. The van der Waals surface area contributed by atoms with Crippen LogP contribution in [0, 0.1) is 6.92 Å². The van der Waals surface area contributed by atoms with Crippen molar-refractivity contribution >= 4 is 21.7 Å². The number of ether oxygens (including phenoxy) is 1. The number of nitrogen functional groups attached to an aromatic ring is 1. The predicted molar refractivity (Wildman–Crippen MR) is 75.6 cm³/mol. The number of aromatic nitrogens is 2. The van der Waals surface area contributed by atoms with Gasteiger partial charge in [-0.3, -0.25) is 4.68 Å². The largest absolute Gasteiger partial charge is 0.492 e. The van der Waals surface area contributed by atoms with Gasteiger partial charge >= 0.3 is 0 Å². The van der Waals surface area contributed by atoms with E-state index in [9.17, 15) is 0 Å². The molecule has 18 heavy (non-hydrogen) atoms. The summed E-state index contributed by atoms with van der Waals surface area (Å²) in [5.74, 6) is 1.43. The number of halogens is 1. The van der Waals surface area contributed by atoms with Crippen molar-refractivity contribution in [2.75, 3.05) is 12.3 Å². The third-order valence-corrected chi connectivity index (χ3v) is 3.16. The van der Waals surface area contributed by atoms with Crippen LogP contribution in [0.15, 0.2) is 34.9 Å². The van der Waals surface area contributed by atoms with Gasteiger partial charge in [-0.1, -0.05) is 6.07 Å². The second-order valence-corrected chi connectivity index (χ2v) is 4.99. The van der Waals surface area contributed by atoms with E-state index in [-0.39, 0.29) is 0 Å². The molecule has 0 saturated heterocycles. The molecule has 0 spiro atoms. The zero-order valence-electron chi connectivity index (χ0n) is 10.3. The smallest absolute Gasteiger partial charge is 0.145 e. The maximum Gasteiger partial charge on any atom is 0.145 e. The van der Waals surface area contributed by atoms with Gasteiger partial charge in [0.2, 0.25) is 0 Å². The fraction of sp³-hybridized carbons (Fsp3) is 0.308. The second-order valence-electron chi connectivity index (χ2n) is 4.14. The van der Waals surface area contributed by atoms with Gasteiger partial charge in [0.15, 0.2) is 0 Å². The molecular weight excluding hydrogens is 294 g/mol. The number of aryl methyl sites for hydroxylation is 2. The molecule has 0 radical (unpaired) electrons. The number of nitrogens with two attached hydrogens (primary N) is 1. The number of hydrogen-bond acceptors (Lipinski definition) is 3. The number of hydrogen-bond donors (Lipinski definition) is 1. The summed E-state index contributed by atoms with van der Waals surface area (Å²) in [6.07, 6.45) is 2.76. The highest BCUT2D eigenvalue weighted by atomic mass is 79.9. The standard InChI is InChI=1S/C13H16BrN3O/c1-10-3-4-12(11(14)9-10)18-8-2-6-17-7-5-13(15)16-17/h3-5,7,9H,2,6,8H2,1H3,(H2,15,16). The molecular formula is C13H16BrN3O. The first-order valence-corrected chi connectivity index (χ1v) is 6.62. The average molecular weight is 310 g/mol. The molecule has 0 fully saturated rings. The molecule has 0 aliphatic heterocycles. The Bertz CT molecular complexity index is 525. The van der Waals surface area contributed by atoms with E-state index in [0.29, 0.717) is 12.4 Å². The molecule has 1 aromatic carbocycles. The van der Waals surface area contributed by atoms with Crippen LogP contribution in [0.4, 0.5) is 5.82 Å². The first-order chi connectivity index (χ1) is 8.65. The molecule has 1 heterocycles. The number of anilines is 1. The number of rotatable bonds is 5. The Morgan fingerprint density at radius 3 is 2.89 bits per heavy atom. The molecule has 4 nitrogen and oxygen atoms in total. The molecule has 5 heteroatoms. The van der Waals surface area contributed by atoms with E-state index in [1.54, 1.807) is 6.07 Å². The van der Waals surface area contributed by atoms with Gasteiger partial charge in [0.1, 0.15) is 11.6 Å². The summed E-state index contributed by atoms with van der Waals surface area (Å²) in [6, 6.07) is 7.85. The van der Waals surface area contributed by atoms with Crippen molar-refractivity contribution in [1.82, 2.24) is 9.78 Å². The first-order valence-electron chi connectivity index (χ1n) is 5.83. The fourth-order valence-electron chi connectivity index (χ4n) is 1.63. The molecule has 2 rings (SSSR count). The monoisotopic (exact) mass is 309 g/mol. The zero-order chi connectivity index (χ0) is 13.0. The van der Waals surface area contributed by atoms with E-state index in [1.165, 1.54) is 5.56 Å². The van der Waals surface area contributed by atoms with Crippen molar-refractivity contribution in [3.05, 3.63) is 40.5 Å². The quantitative estimate of drug-likeness (QED) is 0.864. The lowest BCUT2D eigenvalue weighted by molar-refractivity contribution is 0.297. The Morgan fingerprint density at radius 1 is 1.39 bits per heavy atom. The Labute approximate surface area is 115 Å². The molecule has 0 amide bonds. The number of nitrogens with zero attached hydrogens (tertiary/aromatic N) is 2. The molecule has 2 N–H and O–H groups in total. The Morgan fingerprint density at radius 2 is 2.22 bits per heavy atom. The summed E-state index contributed by atoms with van der Waals surface area (Å²) >= 11 is 3.49. The minimum atomic E-state index is 0.553. The van der Waals surface area contributed by atoms with E-state index in [1.807, 2.05) is 29.1 Å². The summed E-state index contributed by atoms with van der Waals surface area (Å²) in [6.45, 7) is 3.51. The van der Waals surface area contributed by atoms with Crippen LogP contribution in [0.3, 0.4) is 0 Å². The zero-order valence-corrected chi connectivity index (χ0v) is 11.9. The van der Waals surface area contributed by atoms with Crippen LogP contribution in [0.1, 0.15) is 12.0 Å². The maximum atomic E-state index is 5.70. The Kier molecular flexibility index (Phi) is 4.25. The predicted octanol–water partition coefficient (Wildman–Crippen LogP) is 3.01. The van der Waals surface area contributed by atoms with Crippen molar-refractivity contribution in [1.29, 1.82) is 0 Å². The molecule has 1 aromatic heterocycles. The molecule has 96 valence electrons. The molecule has 2 aromatic rings. The van der Waals surface area contributed by atoms with Crippen molar-refractivity contribution in [3.63, 3.8) is 0 Å². The van der Waals surface area contributed by atoms with E-state index in [4.69, 9.17) is 10.5 Å². The van der Waals surface area contributed by atoms with Crippen molar-refractivity contribution in [2.24, 2.45) is 0 Å². The van der Waals surface area contributed by atoms with Crippen LogP contribution in [-0.4, -0.2) is 16.4 Å². The van der Waals surface area contributed by atoms with Gasteiger partial charge in [0, 0.05) is 19.2 Å². The topological polar surface area (TPSA) is 53.1 Å². The third kappa shape index (κ3) is 3.50. The van der Waals surface area contributed by atoms with E-state index in [2.05, 4.69) is 28.0 Å². The van der Waals surface area contributed by atoms with E-state index < -0.39 is 0 Å². The highest BCUT2D eigenvalue weighted by Crippen LogP contribution is 2.25. The minimum Gasteiger partial charge on any atom is -0.492 e. The van der Waals surface area contributed by atoms with Gasteiger partial charge in [0.05, 0.1) is 11.1 Å². The van der Waals surface area contributed by atoms with Crippen LogP contribution in [-0.2, 0) is 6.54 Å². The van der Waals surface area contributed by atoms with Crippen molar-refractivity contribution < 1.29 is 4.74 Å². The van der Waals surface area contributed by atoms with Crippen LogP contribution < -0.4 is 10.5 Å². The van der Waals surface area contributed by atoms with Gasteiger partial charge in [-0.15, -0.1) is 0 Å². The maximum absolute atomic E-state index is 5.70. The summed E-state index contributed by atoms with van der Waals surface area (Å²) < 4.78 is 8.51. The van der Waals surface area contributed by atoms with Gasteiger partial charge < -0.3 is 10.5 Å². The Hall–Kier alpha value is -1.49. The normalized spacial score (nSPS) is 10.6. The highest BCUT2D eigenvalue weighted by molar-refractivity contribution is 9.10. The van der Waals surface area contributed by atoms with Crippen LogP contribution >= 0.6 is 15.9 Å².